The molecular weight excluding hydrogens is 475 g/mol. The molecule has 1 aliphatic heterocycles. The fourth-order valence-corrected chi connectivity index (χ4v) is 5.79. The Labute approximate surface area is 194 Å². The highest BCUT2D eigenvalue weighted by Gasteiger charge is 2.24. The quantitative estimate of drug-likeness (QED) is 0.543. The van der Waals surface area contributed by atoms with E-state index in [4.69, 9.17) is 11.6 Å². The summed E-state index contributed by atoms with van der Waals surface area (Å²) in [5.41, 5.74) is 1.41. The van der Waals surface area contributed by atoms with Gasteiger partial charge in [0.25, 0.3) is 10.0 Å². The minimum atomic E-state index is -4.04. The zero-order valence-electron chi connectivity index (χ0n) is 17.3. The highest BCUT2D eigenvalue weighted by molar-refractivity contribution is 7.92. The van der Waals surface area contributed by atoms with Crippen LogP contribution in [0.4, 0.5) is 10.1 Å². The van der Waals surface area contributed by atoms with Gasteiger partial charge in [-0.05, 0) is 50.5 Å². The fraction of sp³-hybridized carbons (Fsp3) is 0.333. The lowest BCUT2D eigenvalue weighted by Gasteiger charge is -2.27. The van der Waals surface area contributed by atoms with E-state index in [0.717, 1.165) is 37.1 Å². The van der Waals surface area contributed by atoms with Crippen LogP contribution in [0.1, 0.15) is 25.0 Å². The Hall–Kier alpha value is -2.43. The highest BCUT2D eigenvalue weighted by Crippen LogP contribution is 2.30. The molecule has 4 rings (SSSR count). The normalized spacial score (nSPS) is 14.5. The van der Waals surface area contributed by atoms with Gasteiger partial charge < -0.3 is 9.47 Å². The number of piperidine rings is 1. The molecule has 11 heteroatoms. The van der Waals surface area contributed by atoms with Gasteiger partial charge in [0.15, 0.2) is 0 Å². The van der Waals surface area contributed by atoms with Gasteiger partial charge in [0.1, 0.15) is 22.3 Å². The predicted octanol–water partition coefficient (Wildman–Crippen LogP) is 4.53. The van der Waals surface area contributed by atoms with Crippen molar-refractivity contribution in [3.8, 4) is 10.7 Å². The highest BCUT2D eigenvalue weighted by atomic mass is 35.5. The van der Waals surface area contributed by atoms with Gasteiger partial charge in [-0.15, -0.1) is 11.3 Å². The maximum absolute atomic E-state index is 13.3. The van der Waals surface area contributed by atoms with Gasteiger partial charge in [0.05, 0.1) is 16.4 Å². The summed E-state index contributed by atoms with van der Waals surface area (Å²) >= 11 is 7.36. The van der Waals surface area contributed by atoms with Crippen molar-refractivity contribution in [1.29, 1.82) is 0 Å². The van der Waals surface area contributed by atoms with E-state index in [2.05, 4.69) is 9.71 Å². The van der Waals surface area contributed by atoms with Gasteiger partial charge in [-0.25, -0.2) is 17.8 Å². The van der Waals surface area contributed by atoms with Gasteiger partial charge in [-0.3, -0.25) is 9.52 Å². The number of amides is 1. The molecule has 3 aromatic rings. The minimum absolute atomic E-state index is 0.0147. The van der Waals surface area contributed by atoms with Crippen LogP contribution in [0.2, 0.25) is 5.02 Å². The van der Waals surface area contributed by atoms with Crippen LogP contribution in [0.5, 0.6) is 0 Å². The summed E-state index contributed by atoms with van der Waals surface area (Å²) in [7, 11) is -4.04. The topological polar surface area (TPSA) is 84.3 Å². The molecule has 0 aliphatic carbocycles. The summed E-state index contributed by atoms with van der Waals surface area (Å²) in [6, 6.07) is 4.90. The Morgan fingerprint density at radius 1 is 1.25 bits per heavy atom. The van der Waals surface area contributed by atoms with E-state index >= 15 is 0 Å². The van der Waals surface area contributed by atoms with Crippen LogP contribution in [-0.4, -0.2) is 41.9 Å². The third-order valence-corrected chi connectivity index (χ3v) is 7.84. The first-order valence-electron chi connectivity index (χ1n) is 10.1. The minimum Gasteiger partial charge on any atom is -0.341 e. The third-order valence-electron chi connectivity index (χ3n) is 5.21. The number of anilines is 1. The van der Waals surface area contributed by atoms with Crippen LogP contribution in [0.25, 0.3) is 10.7 Å². The van der Waals surface area contributed by atoms with Crippen molar-refractivity contribution in [3.63, 3.8) is 0 Å². The third kappa shape index (κ3) is 4.97. The van der Waals surface area contributed by atoms with E-state index in [0.29, 0.717) is 23.8 Å². The molecule has 2 aromatic heterocycles. The first-order chi connectivity index (χ1) is 15.2. The summed E-state index contributed by atoms with van der Waals surface area (Å²) in [5, 5.41) is 2.43. The summed E-state index contributed by atoms with van der Waals surface area (Å²) in [4.78, 5) is 19.1. The number of benzene rings is 1. The molecular formula is C21H22ClFN4O3S2. The van der Waals surface area contributed by atoms with Crippen molar-refractivity contribution >= 4 is 44.6 Å². The number of aryl methyl sites for hydroxylation is 1. The van der Waals surface area contributed by atoms with E-state index in [1.54, 1.807) is 4.57 Å². The molecule has 3 heterocycles. The van der Waals surface area contributed by atoms with Gasteiger partial charge in [-0.2, -0.15) is 0 Å². The molecule has 0 unspecified atom stereocenters. The molecule has 1 N–H and O–H groups in total. The van der Waals surface area contributed by atoms with E-state index < -0.39 is 15.8 Å². The summed E-state index contributed by atoms with van der Waals surface area (Å²) in [6.07, 6.45) is 4.47. The van der Waals surface area contributed by atoms with Gasteiger partial charge >= 0.3 is 0 Å². The Balaban J connectivity index is 1.67. The number of carbonyl (C=O) groups is 1. The van der Waals surface area contributed by atoms with E-state index in [1.807, 2.05) is 17.2 Å². The Bertz CT molecular complexity index is 1250. The number of sulfonamides is 1. The number of nitrogens with one attached hydrogen (secondary N) is 1. The summed E-state index contributed by atoms with van der Waals surface area (Å²) in [6.45, 7) is 3.28. The predicted molar refractivity (Wildman–Crippen MR) is 123 cm³/mol. The van der Waals surface area contributed by atoms with Crippen LogP contribution >= 0.6 is 22.9 Å². The molecule has 1 aromatic carbocycles. The Morgan fingerprint density at radius 2 is 2.00 bits per heavy atom. The summed E-state index contributed by atoms with van der Waals surface area (Å²) in [5.74, 6) is -0.630. The monoisotopic (exact) mass is 496 g/mol. The molecule has 0 spiro atoms. The number of thiazole rings is 1. The molecule has 0 saturated carbocycles. The maximum atomic E-state index is 13.3. The molecule has 0 bridgehead atoms. The molecule has 1 amide bonds. The van der Waals surface area contributed by atoms with Crippen LogP contribution in [0, 0.1) is 12.7 Å². The zero-order chi connectivity index (χ0) is 22.9. The van der Waals surface area contributed by atoms with Gasteiger partial charge in [0, 0.05) is 30.4 Å². The van der Waals surface area contributed by atoms with Crippen molar-refractivity contribution in [2.45, 2.75) is 37.6 Å². The molecule has 7 nitrogen and oxygen atoms in total. The number of hydrogen-bond acceptors (Lipinski definition) is 5. The van der Waals surface area contributed by atoms with E-state index in [-0.39, 0.29) is 28.1 Å². The number of halogens is 2. The number of nitrogens with zero attached hydrogens (tertiary/aromatic N) is 3. The van der Waals surface area contributed by atoms with Crippen molar-refractivity contribution in [2.75, 3.05) is 17.8 Å². The van der Waals surface area contributed by atoms with E-state index in [9.17, 15) is 17.6 Å². The SMILES string of the molecule is Cc1csc(-c2cc(S(=O)(=O)Nc3ccc(F)cc3Cl)cn2CC(=O)N2CCCCC2)n1. The second-order valence-corrected chi connectivity index (χ2v) is 10.6. The van der Waals surface area contributed by atoms with Crippen LogP contribution in [0.15, 0.2) is 40.7 Å². The number of hydrogen-bond donors (Lipinski definition) is 1. The molecule has 170 valence electrons. The van der Waals surface area contributed by atoms with Crippen molar-refractivity contribution in [1.82, 2.24) is 14.5 Å². The molecule has 0 atom stereocenters. The van der Waals surface area contributed by atoms with Gasteiger partial charge in [0.2, 0.25) is 5.91 Å². The number of aromatic nitrogens is 2. The first kappa shape index (κ1) is 22.8. The lowest BCUT2D eigenvalue weighted by Crippen LogP contribution is -2.37. The maximum Gasteiger partial charge on any atom is 0.263 e. The first-order valence-corrected chi connectivity index (χ1v) is 12.9. The molecule has 1 fully saturated rings. The van der Waals surface area contributed by atoms with Gasteiger partial charge in [-0.1, -0.05) is 11.6 Å². The number of rotatable bonds is 6. The van der Waals surface area contributed by atoms with Crippen molar-refractivity contribution in [2.24, 2.45) is 0 Å². The molecule has 0 radical (unpaired) electrons. The Morgan fingerprint density at radius 3 is 2.66 bits per heavy atom. The Kier molecular flexibility index (Phi) is 6.55. The second-order valence-electron chi connectivity index (χ2n) is 7.65. The lowest BCUT2D eigenvalue weighted by atomic mass is 10.1. The van der Waals surface area contributed by atoms with Crippen LogP contribution < -0.4 is 4.72 Å². The summed E-state index contributed by atoms with van der Waals surface area (Å²) < 4.78 is 43.4. The van der Waals surface area contributed by atoms with E-state index in [1.165, 1.54) is 29.7 Å². The average molecular weight is 497 g/mol. The lowest BCUT2D eigenvalue weighted by molar-refractivity contribution is -0.132. The second kappa shape index (κ2) is 9.21. The van der Waals surface area contributed by atoms with Crippen molar-refractivity contribution in [3.05, 3.63) is 52.4 Å². The standard InChI is InChI=1S/C21H22ClFN4O3S2/c1-14-13-31-21(24-14)19-10-16(11-27(19)12-20(28)26-7-3-2-4-8-26)32(29,30)25-18-6-5-15(23)9-17(18)22/h5-6,9-11,13,25H,2-4,7-8,12H2,1H3. The fourth-order valence-electron chi connectivity index (χ4n) is 3.58. The smallest absolute Gasteiger partial charge is 0.263 e. The number of carbonyl (C=O) groups excluding carboxylic acids is 1. The van der Waals surface area contributed by atoms with Crippen molar-refractivity contribution < 1.29 is 17.6 Å². The molecule has 1 aliphatic rings. The largest absolute Gasteiger partial charge is 0.341 e. The zero-order valence-corrected chi connectivity index (χ0v) is 19.7. The number of likely N-dealkylation sites (tertiary alicyclic amines) is 1. The molecule has 32 heavy (non-hydrogen) atoms. The van der Waals surface area contributed by atoms with Crippen LogP contribution in [0.3, 0.4) is 0 Å². The average Bonchev–Trinajstić information content (AvgIpc) is 3.37. The molecule has 1 saturated heterocycles. The van der Waals surface area contributed by atoms with Crippen LogP contribution in [-0.2, 0) is 21.4 Å².